The molecule has 0 amide bonds. The van der Waals surface area contributed by atoms with Gasteiger partial charge in [0.2, 0.25) is 0 Å². The molecule has 92 valence electrons. The van der Waals surface area contributed by atoms with Gasteiger partial charge in [-0.3, -0.25) is 0 Å². The molecule has 0 aromatic heterocycles. The second kappa shape index (κ2) is 4.79. The van der Waals surface area contributed by atoms with Gasteiger partial charge in [0.05, 0.1) is 0 Å². The first-order valence-electron chi connectivity index (χ1n) is 6.79. The zero-order chi connectivity index (χ0) is 11.7. The van der Waals surface area contributed by atoms with Gasteiger partial charge in [-0.15, -0.1) is 0 Å². The fraction of sp³-hybridized carbons (Fsp3) is 0.600. The van der Waals surface area contributed by atoms with E-state index in [2.05, 4.69) is 41.5 Å². The standard InChI is InChI=1S/C15H22N2/c1-17-10-15(11-17)14-4-2-3-12(8-14)7-13-5-6-16-9-13/h2-4,8,13,15-16H,5-7,9-11H2,1H3. The number of hydrogen-bond acceptors (Lipinski definition) is 2. The molecule has 1 unspecified atom stereocenters. The van der Waals surface area contributed by atoms with Gasteiger partial charge in [0.1, 0.15) is 0 Å². The summed E-state index contributed by atoms with van der Waals surface area (Å²) in [6.07, 6.45) is 2.60. The minimum Gasteiger partial charge on any atom is -0.316 e. The van der Waals surface area contributed by atoms with Crippen LogP contribution in [0, 0.1) is 5.92 Å². The number of nitrogens with one attached hydrogen (secondary N) is 1. The molecule has 3 rings (SSSR count). The zero-order valence-corrected chi connectivity index (χ0v) is 10.7. The van der Waals surface area contributed by atoms with Crippen LogP contribution < -0.4 is 5.32 Å². The lowest BCUT2D eigenvalue weighted by atomic mass is 9.89. The van der Waals surface area contributed by atoms with Crippen LogP contribution in [-0.2, 0) is 6.42 Å². The molecule has 1 N–H and O–H groups in total. The predicted octanol–water partition coefficient (Wildman–Crippen LogP) is 1.87. The third-order valence-corrected chi connectivity index (χ3v) is 4.17. The van der Waals surface area contributed by atoms with Crippen molar-refractivity contribution in [3.63, 3.8) is 0 Å². The van der Waals surface area contributed by atoms with Crippen LogP contribution in [-0.4, -0.2) is 38.1 Å². The highest BCUT2D eigenvalue weighted by atomic mass is 15.2. The van der Waals surface area contributed by atoms with Crippen molar-refractivity contribution in [2.45, 2.75) is 18.8 Å². The lowest BCUT2D eigenvalue weighted by Crippen LogP contribution is -2.41. The summed E-state index contributed by atoms with van der Waals surface area (Å²) in [5.41, 5.74) is 3.08. The van der Waals surface area contributed by atoms with Gasteiger partial charge in [0.25, 0.3) is 0 Å². The van der Waals surface area contributed by atoms with Crippen LogP contribution in [0.3, 0.4) is 0 Å². The zero-order valence-electron chi connectivity index (χ0n) is 10.7. The van der Waals surface area contributed by atoms with E-state index < -0.39 is 0 Å². The summed E-state index contributed by atoms with van der Waals surface area (Å²) in [5, 5.41) is 3.45. The Bertz CT molecular complexity index is 376. The van der Waals surface area contributed by atoms with Crippen molar-refractivity contribution in [2.24, 2.45) is 5.92 Å². The van der Waals surface area contributed by atoms with Gasteiger partial charge in [0, 0.05) is 19.0 Å². The highest BCUT2D eigenvalue weighted by Crippen LogP contribution is 2.27. The summed E-state index contributed by atoms with van der Waals surface area (Å²) in [5.74, 6) is 1.64. The maximum absolute atomic E-state index is 3.45. The van der Waals surface area contributed by atoms with Gasteiger partial charge in [-0.1, -0.05) is 24.3 Å². The van der Waals surface area contributed by atoms with Crippen molar-refractivity contribution >= 4 is 0 Å². The van der Waals surface area contributed by atoms with Crippen LogP contribution >= 0.6 is 0 Å². The molecular weight excluding hydrogens is 208 g/mol. The number of likely N-dealkylation sites (N-methyl/N-ethyl adjacent to an activating group) is 1. The van der Waals surface area contributed by atoms with E-state index in [0.29, 0.717) is 0 Å². The third-order valence-electron chi connectivity index (χ3n) is 4.17. The Morgan fingerprint density at radius 3 is 2.94 bits per heavy atom. The van der Waals surface area contributed by atoms with Gasteiger partial charge >= 0.3 is 0 Å². The van der Waals surface area contributed by atoms with Gasteiger partial charge in [-0.2, -0.15) is 0 Å². The number of nitrogens with zero attached hydrogens (tertiary/aromatic N) is 1. The molecule has 2 saturated heterocycles. The Hall–Kier alpha value is -0.860. The minimum atomic E-state index is 0.779. The second-order valence-electron chi connectivity index (χ2n) is 5.73. The molecule has 2 aliphatic heterocycles. The Labute approximate surface area is 104 Å². The van der Waals surface area contributed by atoms with E-state index in [4.69, 9.17) is 0 Å². The maximum Gasteiger partial charge on any atom is 0.00934 e. The Morgan fingerprint density at radius 1 is 1.35 bits per heavy atom. The van der Waals surface area contributed by atoms with Crippen LogP contribution in [0.2, 0.25) is 0 Å². The lowest BCUT2D eigenvalue weighted by Gasteiger charge is -2.36. The topological polar surface area (TPSA) is 15.3 Å². The quantitative estimate of drug-likeness (QED) is 0.853. The van der Waals surface area contributed by atoms with Crippen molar-refractivity contribution in [3.8, 4) is 0 Å². The van der Waals surface area contributed by atoms with Crippen molar-refractivity contribution < 1.29 is 0 Å². The normalized spacial score (nSPS) is 26.1. The van der Waals surface area contributed by atoms with E-state index >= 15 is 0 Å². The highest BCUT2D eigenvalue weighted by Gasteiger charge is 2.25. The smallest absolute Gasteiger partial charge is 0.00934 e. The van der Waals surface area contributed by atoms with Gasteiger partial charge in [-0.25, -0.2) is 0 Å². The molecule has 17 heavy (non-hydrogen) atoms. The molecular formula is C15H22N2. The fourth-order valence-corrected chi connectivity index (χ4v) is 3.11. The van der Waals surface area contributed by atoms with E-state index in [9.17, 15) is 0 Å². The number of benzene rings is 1. The van der Waals surface area contributed by atoms with E-state index in [0.717, 1.165) is 11.8 Å². The first kappa shape index (κ1) is 11.2. The second-order valence-corrected chi connectivity index (χ2v) is 5.73. The average Bonchev–Trinajstić information content (AvgIpc) is 2.78. The molecule has 0 aliphatic carbocycles. The van der Waals surface area contributed by atoms with E-state index in [1.54, 1.807) is 5.56 Å². The summed E-state index contributed by atoms with van der Waals surface area (Å²) in [7, 11) is 2.20. The minimum absolute atomic E-state index is 0.779. The average molecular weight is 230 g/mol. The molecule has 0 saturated carbocycles. The lowest BCUT2D eigenvalue weighted by molar-refractivity contribution is 0.189. The molecule has 1 atom stereocenters. The van der Waals surface area contributed by atoms with Crippen LogP contribution in [0.15, 0.2) is 24.3 Å². The summed E-state index contributed by atoms with van der Waals surface area (Å²) >= 11 is 0. The maximum atomic E-state index is 3.45. The number of likely N-dealkylation sites (tertiary alicyclic amines) is 1. The Morgan fingerprint density at radius 2 is 2.24 bits per heavy atom. The third kappa shape index (κ3) is 2.53. The van der Waals surface area contributed by atoms with Crippen molar-refractivity contribution in [1.29, 1.82) is 0 Å². The molecule has 1 aromatic rings. The molecule has 2 fully saturated rings. The molecule has 0 radical (unpaired) electrons. The van der Waals surface area contributed by atoms with Gasteiger partial charge in [0.15, 0.2) is 0 Å². The Kier molecular flexibility index (Phi) is 3.17. The number of hydrogen-bond donors (Lipinski definition) is 1. The monoisotopic (exact) mass is 230 g/mol. The molecule has 2 heterocycles. The SMILES string of the molecule is CN1CC(c2cccc(CC3CCNC3)c2)C1. The van der Waals surface area contributed by atoms with Gasteiger partial charge in [-0.05, 0) is 50.0 Å². The summed E-state index contributed by atoms with van der Waals surface area (Å²) in [6.45, 7) is 4.87. The van der Waals surface area contributed by atoms with Crippen molar-refractivity contribution in [3.05, 3.63) is 35.4 Å². The van der Waals surface area contributed by atoms with Crippen LogP contribution in [0.5, 0.6) is 0 Å². The fourth-order valence-electron chi connectivity index (χ4n) is 3.11. The molecule has 0 bridgehead atoms. The van der Waals surface area contributed by atoms with Crippen molar-refractivity contribution in [1.82, 2.24) is 10.2 Å². The van der Waals surface area contributed by atoms with E-state index in [-0.39, 0.29) is 0 Å². The molecule has 2 aliphatic rings. The van der Waals surface area contributed by atoms with E-state index in [1.165, 1.54) is 44.6 Å². The van der Waals surface area contributed by atoms with Crippen molar-refractivity contribution in [2.75, 3.05) is 33.2 Å². The molecule has 0 spiro atoms. The largest absolute Gasteiger partial charge is 0.316 e. The van der Waals surface area contributed by atoms with Crippen LogP contribution in [0.25, 0.3) is 0 Å². The predicted molar refractivity (Wildman–Crippen MR) is 71.4 cm³/mol. The first-order valence-corrected chi connectivity index (χ1v) is 6.79. The van der Waals surface area contributed by atoms with Crippen LogP contribution in [0.4, 0.5) is 0 Å². The van der Waals surface area contributed by atoms with Gasteiger partial charge < -0.3 is 10.2 Å². The summed E-state index contributed by atoms with van der Waals surface area (Å²) in [6, 6.07) is 9.28. The molecule has 2 heteroatoms. The van der Waals surface area contributed by atoms with Crippen LogP contribution in [0.1, 0.15) is 23.5 Å². The molecule has 1 aromatic carbocycles. The number of rotatable bonds is 3. The molecule has 2 nitrogen and oxygen atoms in total. The summed E-state index contributed by atoms with van der Waals surface area (Å²) in [4.78, 5) is 2.39. The summed E-state index contributed by atoms with van der Waals surface area (Å²) < 4.78 is 0. The Balaban J connectivity index is 1.66. The first-order chi connectivity index (χ1) is 8.31. The van der Waals surface area contributed by atoms with E-state index in [1.807, 2.05) is 0 Å². The highest BCUT2D eigenvalue weighted by molar-refractivity contribution is 5.29.